The molecule has 0 saturated carbocycles. The highest BCUT2D eigenvalue weighted by molar-refractivity contribution is 6.32. The summed E-state index contributed by atoms with van der Waals surface area (Å²) in [5.41, 5.74) is 0.653. The highest BCUT2D eigenvalue weighted by Crippen LogP contribution is 2.35. The molecule has 0 aliphatic heterocycles. The lowest BCUT2D eigenvalue weighted by Crippen LogP contribution is -2.23. The van der Waals surface area contributed by atoms with Crippen LogP contribution in [0.4, 0.5) is 0 Å². The Labute approximate surface area is 121 Å². The van der Waals surface area contributed by atoms with Crippen LogP contribution in [0.1, 0.15) is 25.3 Å². The minimum Gasteiger partial charge on any atom is -0.503 e. The Morgan fingerprint density at radius 2 is 2.05 bits per heavy atom. The van der Waals surface area contributed by atoms with Gasteiger partial charge in [-0.2, -0.15) is 0 Å². The number of carboxylic acid groups (broad SMARTS) is 1. The predicted octanol–water partition coefficient (Wildman–Crippen LogP) is 1.93. The highest BCUT2D eigenvalue weighted by atomic mass is 35.5. The number of carboxylic acids is 1. The monoisotopic (exact) mass is 301 g/mol. The number of hydrogen-bond donors (Lipinski definition) is 3. The number of benzene rings is 1. The Balaban J connectivity index is 2.64. The van der Waals surface area contributed by atoms with Crippen LogP contribution in [0.15, 0.2) is 12.1 Å². The molecule has 3 N–H and O–H groups in total. The van der Waals surface area contributed by atoms with Gasteiger partial charge in [0.25, 0.3) is 0 Å². The molecule has 7 heteroatoms. The fourth-order valence-corrected chi connectivity index (χ4v) is 1.74. The Kier molecular flexibility index (Phi) is 6.11. The van der Waals surface area contributed by atoms with Crippen molar-refractivity contribution in [3.05, 3.63) is 22.7 Å². The summed E-state index contributed by atoms with van der Waals surface area (Å²) >= 11 is 5.85. The van der Waals surface area contributed by atoms with E-state index in [1.807, 2.05) is 0 Å². The first-order valence-corrected chi connectivity index (χ1v) is 6.44. The van der Waals surface area contributed by atoms with Gasteiger partial charge in [0.05, 0.1) is 18.1 Å². The second-order valence-electron chi connectivity index (χ2n) is 4.03. The first-order chi connectivity index (χ1) is 9.43. The fourth-order valence-electron chi connectivity index (χ4n) is 1.50. The van der Waals surface area contributed by atoms with Gasteiger partial charge < -0.3 is 20.3 Å². The van der Waals surface area contributed by atoms with E-state index in [1.165, 1.54) is 6.07 Å². The number of halogens is 1. The van der Waals surface area contributed by atoms with Gasteiger partial charge in [-0.15, -0.1) is 0 Å². The average molecular weight is 302 g/mol. The largest absolute Gasteiger partial charge is 0.503 e. The van der Waals surface area contributed by atoms with Gasteiger partial charge in [-0.1, -0.05) is 11.6 Å². The lowest BCUT2D eigenvalue weighted by molar-refractivity contribution is -0.138. The number of carbonyl (C=O) groups excluding carboxylic acids is 1. The fraction of sp³-hybridized carbons (Fsp3) is 0.385. The van der Waals surface area contributed by atoms with Crippen LogP contribution in [0.25, 0.3) is 0 Å². The van der Waals surface area contributed by atoms with Crippen molar-refractivity contribution in [3.8, 4) is 11.5 Å². The number of aromatic hydroxyl groups is 1. The maximum Gasteiger partial charge on any atom is 0.303 e. The van der Waals surface area contributed by atoms with E-state index in [9.17, 15) is 14.7 Å². The lowest BCUT2D eigenvalue weighted by atomic mass is 10.2. The summed E-state index contributed by atoms with van der Waals surface area (Å²) in [6.45, 7) is 2.32. The minimum atomic E-state index is -1.02. The molecule has 20 heavy (non-hydrogen) atoms. The zero-order valence-electron chi connectivity index (χ0n) is 11.0. The van der Waals surface area contributed by atoms with E-state index in [4.69, 9.17) is 21.4 Å². The summed E-state index contributed by atoms with van der Waals surface area (Å²) in [7, 11) is 0. The van der Waals surface area contributed by atoms with Crippen LogP contribution in [0.2, 0.25) is 5.02 Å². The molecule has 0 saturated heterocycles. The number of amides is 1. The van der Waals surface area contributed by atoms with Crippen LogP contribution >= 0.6 is 11.6 Å². The average Bonchev–Trinajstić information content (AvgIpc) is 2.39. The zero-order valence-corrected chi connectivity index (χ0v) is 11.7. The third-order valence-electron chi connectivity index (χ3n) is 2.44. The molecular weight excluding hydrogens is 286 g/mol. The van der Waals surface area contributed by atoms with E-state index in [1.54, 1.807) is 13.0 Å². The van der Waals surface area contributed by atoms with Crippen molar-refractivity contribution in [1.82, 2.24) is 5.32 Å². The summed E-state index contributed by atoms with van der Waals surface area (Å²) in [6.07, 6.45) is -0.300. The quantitative estimate of drug-likeness (QED) is 0.715. The topological polar surface area (TPSA) is 95.9 Å². The molecule has 1 aromatic rings. The number of aliphatic carboxylic acids is 1. The molecule has 0 bridgehead atoms. The van der Waals surface area contributed by atoms with Gasteiger partial charge >= 0.3 is 5.97 Å². The number of hydrogen-bond acceptors (Lipinski definition) is 4. The molecule has 1 aromatic carbocycles. The molecule has 0 aliphatic carbocycles. The van der Waals surface area contributed by atoms with Gasteiger partial charge in [0, 0.05) is 13.0 Å². The predicted molar refractivity (Wildman–Crippen MR) is 73.0 cm³/mol. The molecule has 1 rings (SSSR count). The molecule has 0 aliphatic rings. The van der Waals surface area contributed by atoms with Crippen LogP contribution in [0.5, 0.6) is 11.5 Å². The molecular formula is C13H16ClNO5. The van der Waals surface area contributed by atoms with Crippen LogP contribution in [0, 0.1) is 0 Å². The van der Waals surface area contributed by atoms with Crippen LogP contribution in [0.3, 0.4) is 0 Å². The number of carbonyl (C=O) groups is 2. The van der Waals surface area contributed by atoms with Gasteiger partial charge in [-0.3, -0.25) is 9.59 Å². The van der Waals surface area contributed by atoms with Gasteiger partial charge in [0.15, 0.2) is 11.5 Å². The van der Waals surface area contributed by atoms with E-state index in [0.717, 1.165) is 0 Å². The lowest BCUT2D eigenvalue weighted by Gasteiger charge is -2.11. The van der Waals surface area contributed by atoms with Crippen molar-refractivity contribution in [2.24, 2.45) is 0 Å². The SMILES string of the molecule is CCOc1cc(CNC(=O)CCC(=O)O)cc(Cl)c1O. The first kappa shape index (κ1) is 16.1. The van der Waals surface area contributed by atoms with Crippen LogP contribution in [-0.2, 0) is 16.1 Å². The maximum absolute atomic E-state index is 11.4. The smallest absolute Gasteiger partial charge is 0.303 e. The second-order valence-corrected chi connectivity index (χ2v) is 4.44. The number of rotatable bonds is 7. The number of nitrogens with one attached hydrogen (secondary N) is 1. The van der Waals surface area contributed by atoms with E-state index in [2.05, 4.69) is 5.32 Å². The van der Waals surface area contributed by atoms with E-state index >= 15 is 0 Å². The molecule has 0 aromatic heterocycles. The molecule has 0 fully saturated rings. The van der Waals surface area contributed by atoms with Gasteiger partial charge in [0.1, 0.15) is 0 Å². The van der Waals surface area contributed by atoms with E-state index < -0.39 is 5.97 Å². The van der Waals surface area contributed by atoms with Crippen molar-refractivity contribution in [2.45, 2.75) is 26.3 Å². The van der Waals surface area contributed by atoms with Crippen LogP contribution < -0.4 is 10.1 Å². The van der Waals surface area contributed by atoms with Crippen molar-refractivity contribution in [3.63, 3.8) is 0 Å². The Morgan fingerprint density at radius 3 is 2.65 bits per heavy atom. The highest BCUT2D eigenvalue weighted by Gasteiger charge is 2.11. The Hall–Kier alpha value is -1.95. The molecule has 110 valence electrons. The second kappa shape index (κ2) is 7.59. The molecule has 0 atom stereocenters. The van der Waals surface area contributed by atoms with E-state index in [-0.39, 0.29) is 41.8 Å². The molecule has 1 amide bonds. The van der Waals surface area contributed by atoms with E-state index in [0.29, 0.717) is 12.2 Å². The third-order valence-corrected chi connectivity index (χ3v) is 2.73. The summed E-state index contributed by atoms with van der Waals surface area (Å²) in [5, 5.41) is 20.8. The Morgan fingerprint density at radius 1 is 1.35 bits per heavy atom. The molecule has 0 heterocycles. The van der Waals surface area contributed by atoms with Crippen LogP contribution in [-0.4, -0.2) is 28.7 Å². The molecule has 0 radical (unpaired) electrons. The zero-order chi connectivity index (χ0) is 15.1. The summed E-state index contributed by atoms with van der Waals surface area (Å²) in [4.78, 5) is 21.7. The maximum atomic E-state index is 11.4. The molecule has 6 nitrogen and oxygen atoms in total. The Bertz CT molecular complexity index is 504. The molecule has 0 unspecified atom stereocenters. The van der Waals surface area contributed by atoms with Crippen molar-refractivity contribution in [1.29, 1.82) is 0 Å². The molecule has 0 spiro atoms. The normalized spacial score (nSPS) is 10.1. The van der Waals surface area contributed by atoms with Crippen molar-refractivity contribution < 1.29 is 24.5 Å². The van der Waals surface area contributed by atoms with Crippen molar-refractivity contribution in [2.75, 3.05) is 6.61 Å². The minimum absolute atomic E-state index is 0.0839. The summed E-state index contributed by atoms with van der Waals surface area (Å²) in [6, 6.07) is 3.08. The van der Waals surface area contributed by atoms with Gasteiger partial charge in [0.2, 0.25) is 5.91 Å². The summed E-state index contributed by atoms with van der Waals surface area (Å²) < 4.78 is 5.22. The number of phenols is 1. The number of phenolic OH excluding ortho intramolecular Hbond substituents is 1. The third kappa shape index (κ3) is 4.97. The summed E-state index contributed by atoms with van der Waals surface area (Å²) in [5.74, 6) is -1.29. The standard InChI is InChI=1S/C13H16ClNO5/c1-2-20-10-6-8(5-9(14)13(10)19)7-15-11(16)3-4-12(17)18/h5-6,19H,2-4,7H2,1H3,(H,15,16)(H,17,18). The van der Waals surface area contributed by atoms with Gasteiger partial charge in [-0.25, -0.2) is 0 Å². The van der Waals surface area contributed by atoms with Gasteiger partial charge in [-0.05, 0) is 24.6 Å². The number of ether oxygens (including phenoxy) is 1. The van der Waals surface area contributed by atoms with Crippen molar-refractivity contribution >= 4 is 23.5 Å². The first-order valence-electron chi connectivity index (χ1n) is 6.06.